The van der Waals surface area contributed by atoms with Crippen LogP contribution in [0.2, 0.25) is 5.02 Å². The lowest BCUT2D eigenvalue weighted by atomic mass is 9.91. The first-order valence-corrected chi connectivity index (χ1v) is 11.0. The maximum absolute atomic E-state index is 13.6. The van der Waals surface area contributed by atoms with Gasteiger partial charge >= 0.3 is 0 Å². The molecule has 0 bridgehead atoms. The van der Waals surface area contributed by atoms with Gasteiger partial charge in [-0.05, 0) is 36.0 Å². The van der Waals surface area contributed by atoms with Crippen molar-refractivity contribution in [1.29, 1.82) is 0 Å². The topological polar surface area (TPSA) is 49.9 Å². The zero-order valence-corrected chi connectivity index (χ0v) is 18.9. The highest BCUT2D eigenvalue weighted by molar-refractivity contribution is 6.36. The summed E-state index contributed by atoms with van der Waals surface area (Å²) in [4.78, 5) is 30.7. The van der Waals surface area contributed by atoms with Crippen molar-refractivity contribution in [2.75, 3.05) is 20.2 Å². The fraction of sp³-hybridized carbons (Fsp3) is 0.360. The molecule has 0 aliphatic carbocycles. The van der Waals surface area contributed by atoms with Gasteiger partial charge < -0.3 is 9.64 Å². The van der Waals surface area contributed by atoms with E-state index in [4.69, 9.17) is 16.3 Å². The van der Waals surface area contributed by atoms with E-state index in [1.807, 2.05) is 42.5 Å². The number of hydrogen-bond donors (Lipinski definition) is 0. The van der Waals surface area contributed by atoms with E-state index in [0.29, 0.717) is 39.4 Å². The maximum Gasteiger partial charge on any atom is 0.278 e. The van der Waals surface area contributed by atoms with Crippen molar-refractivity contribution in [2.45, 2.75) is 26.8 Å². The molecule has 6 heteroatoms. The van der Waals surface area contributed by atoms with Crippen LogP contribution in [-0.4, -0.2) is 41.8 Å². The first-order chi connectivity index (χ1) is 14.9. The number of halogens is 1. The number of likely N-dealkylation sites (tertiary alicyclic amines) is 1. The van der Waals surface area contributed by atoms with Gasteiger partial charge in [-0.15, -0.1) is 0 Å². The highest BCUT2D eigenvalue weighted by Crippen LogP contribution is 2.39. The van der Waals surface area contributed by atoms with Crippen LogP contribution in [0.5, 0.6) is 5.75 Å². The van der Waals surface area contributed by atoms with Gasteiger partial charge in [0.25, 0.3) is 11.8 Å². The second-order valence-electron chi connectivity index (χ2n) is 8.56. The molecule has 2 aliphatic heterocycles. The third-order valence-corrected chi connectivity index (χ3v) is 6.36. The molecule has 2 aromatic carbocycles. The van der Waals surface area contributed by atoms with E-state index in [1.54, 1.807) is 13.2 Å². The Labute approximate surface area is 188 Å². The van der Waals surface area contributed by atoms with Crippen LogP contribution in [0.15, 0.2) is 54.2 Å². The number of para-hydroxylation sites is 1. The molecule has 2 atom stereocenters. The average Bonchev–Trinajstić information content (AvgIpc) is 2.99. The van der Waals surface area contributed by atoms with Crippen LogP contribution >= 0.6 is 11.6 Å². The maximum atomic E-state index is 13.6. The summed E-state index contributed by atoms with van der Waals surface area (Å²) in [6.07, 6.45) is 1.11. The number of rotatable bonds is 5. The highest BCUT2D eigenvalue weighted by Gasteiger charge is 2.43. The first-order valence-electron chi connectivity index (χ1n) is 10.6. The Morgan fingerprint density at radius 3 is 2.29 bits per heavy atom. The number of hydrogen-bond acceptors (Lipinski definition) is 4. The summed E-state index contributed by atoms with van der Waals surface area (Å²) < 4.78 is 5.54. The lowest BCUT2D eigenvalue weighted by Gasteiger charge is -2.37. The lowest BCUT2D eigenvalue weighted by molar-refractivity contribution is -0.138. The van der Waals surface area contributed by atoms with Crippen LogP contribution in [0.1, 0.15) is 31.4 Å². The number of benzene rings is 2. The molecule has 2 amide bonds. The summed E-state index contributed by atoms with van der Waals surface area (Å²) in [5, 5.41) is 0.538. The summed E-state index contributed by atoms with van der Waals surface area (Å²) in [6, 6.07) is 14.7. The molecule has 2 aliphatic rings. The Balaban J connectivity index is 1.80. The number of piperidine rings is 1. The molecular formula is C25H27ClN2O3. The van der Waals surface area contributed by atoms with Crippen molar-refractivity contribution in [3.8, 4) is 5.75 Å². The summed E-state index contributed by atoms with van der Waals surface area (Å²) in [5.41, 5.74) is 2.27. The van der Waals surface area contributed by atoms with Crippen LogP contribution in [0.4, 0.5) is 0 Å². The number of amides is 2. The monoisotopic (exact) mass is 438 g/mol. The van der Waals surface area contributed by atoms with E-state index in [-0.39, 0.29) is 18.4 Å². The Morgan fingerprint density at radius 2 is 1.61 bits per heavy atom. The Morgan fingerprint density at radius 1 is 0.968 bits per heavy atom. The van der Waals surface area contributed by atoms with E-state index >= 15 is 0 Å². The van der Waals surface area contributed by atoms with Crippen LogP contribution in [-0.2, 0) is 16.1 Å². The molecule has 2 unspecified atom stereocenters. The van der Waals surface area contributed by atoms with Crippen molar-refractivity contribution in [3.63, 3.8) is 0 Å². The smallest absolute Gasteiger partial charge is 0.278 e. The van der Waals surface area contributed by atoms with Crippen LogP contribution in [0.3, 0.4) is 0 Å². The third-order valence-electron chi connectivity index (χ3n) is 5.99. The molecule has 0 N–H and O–H groups in total. The van der Waals surface area contributed by atoms with Gasteiger partial charge in [0, 0.05) is 23.7 Å². The standard InChI is InChI=1S/C25H27ClN2O3/c1-16-12-17(2)14-27(13-16)23-22(19-9-5-7-11-21(19)31-3)24(29)28(25(23)30)15-18-8-4-6-10-20(18)26/h4-11,16-17H,12-15H2,1-3H3. The minimum atomic E-state index is -0.310. The van der Waals surface area contributed by atoms with E-state index in [1.165, 1.54) is 4.90 Å². The van der Waals surface area contributed by atoms with Crippen molar-refractivity contribution in [1.82, 2.24) is 9.80 Å². The predicted molar refractivity (Wildman–Crippen MR) is 121 cm³/mol. The first kappa shape index (κ1) is 21.4. The van der Waals surface area contributed by atoms with Gasteiger partial charge in [-0.2, -0.15) is 0 Å². The average molecular weight is 439 g/mol. The molecular weight excluding hydrogens is 412 g/mol. The molecule has 4 rings (SSSR count). The molecule has 162 valence electrons. The SMILES string of the molecule is COc1ccccc1C1=C(N2CC(C)CC(C)C2)C(=O)N(Cc2ccccc2Cl)C1=O. The van der Waals surface area contributed by atoms with Crippen molar-refractivity contribution in [2.24, 2.45) is 11.8 Å². The number of imide groups is 1. The summed E-state index contributed by atoms with van der Waals surface area (Å²) in [7, 11) is 1.58. The largest absolute Gasteiger partial charge is 0.496 e. The Hall–Kier alpha value is -2.79. The summed E-state index contributed by atoms with van der Waals surface area (Å²) in [5.74, 6) is 0.877. The fourth-order valence-electron chi connectivity index (χ4n) is 4.74. The van der Waals surface area contributed by atoms with Gasteiger partial charge in [0.15, 0.2) is 0 Å². The van der Waals surface area contributed by atoms with Gasteiger partial charge in [-0.1, -0.05) is 61.8 Å². The number of nitrogens with zero attached hydrogens (tertiary/aromatic N) is 2. The van der Waals surface area contributed by atoms with E-state index < -0.39 is 0 Å². The molecule has 31 heavy (non-hydrogen) atoms. The van der Waals surface area contributed by atoms with Gasteiger partial charge in [0.1, 0.15) is 11.4 Å². The molecule has 5 nitrogen and oxygen atoms in total. The van der Waals surface area contributed by atoms with E-state index in [2.05, 4.69) is 18.7 Å². The van der Waals surface area contributed by atoms with E-state index in [9.17, 15) is 9.59 Å². The van der Waals surface area contributed by atoms with Gasteiger partial charge in [-0.3, -0.25) is 14.5 Å². The Kier molecular flexibility index (Phi) is 6.05. The molecule has 0 spiro atoms. The number of carbonyl (C=O) groups is 2. The number of carbonyl (C=O) groups excluding carboxylic acids is 2. The van der Waals surface area contributed by atoms with Crippen LogP contribution < -0.4 is 4.74 Å². The zero-order chi connectivity index (χ0) is 22.1. The fourth-order valence-corrected chi connectivity index (χ4v) is 4.93. The molecule has 0 saturated carbocycles. The summed E-state index contributed by atoms with van der Waals surface area (Å²) >= 11 is 6.33. The van der Waals surface area contributed by atoms with Gasteiger partial charge in [-0.25, -0.2) is 0 Å². The highest BCUT2D eigenvalue weighted by atomic mass is 35.5. The Bertz CT molecular complexity index is 1040. The molecule has 2 heterocycles. The van der Waals surface area contributed by atoms with Crippen molar-refractivity contribution < 1.29 is 14.3 Å². The normalized spacial score (nSPS) is 21.8. The zero-order valence-electron chi connectivity index (χ0n) is 18.1. The molecule has 2 aromatic rings. The quantitative estimate of drug-likeness (QED) is 0.640. The van der Waals surface area contributed by atoms with Crippen LogP contribution in [0, 0.1) is 11.8 Å². The third kappa shape index (κ3) is 4.07. The molecule has 1 saturated heterocycles. The van der Waals surface area contributed by atoms with Gasteiger partial charge in [0.05, 0.1) is 19.2 Å². The van der Waals surface area contributed by atoms with Gasteiger partial charge in [0.2, 0.25) is 0 Å². The molecule has 0 radical (unpaired) electrons. The minimum absolute atomic E-state index is 0.137. The second kappa shape index (κ2) is 8.75. The summed E-state index contributed by atoms with van der Waals surface area (Å²) in [6.45, 7) is 6.01. The second-order valence-corrected chi connectivity index (χ2v) is 8.97. The lowest BCUT2D eigenvalue weighted by Crippen LogP contribution is -2.41. The molecule has 0 aromatic heterocycles. The molecule has 1 fully saturated rings. The van der Waals surface area contributed by atoms with Crippen molar-refractivity contribution >= 4 is 29.0 Å². The van der Waals surface area contributed by atoms with Crippen LogP contribution in [0.25, 0.3) is 5.57 Å². The number of ether oxygens (including phenoxy) is 1. The van der Waals surface area contributed by atoms with Crippen molar-refractivity contribution in [3.05, 3.63) is 70.4 Å². The minimum Gasteiger partial charge on any atom is -0.496 e. The predicted octanol–water partition coefficient (Wildman–Crippen LogP) is 4.61. The van der Waals surface area contributed by atoms with E-state index in [0.717, 1.165) is 25.1 Å². The number of methoxy groups -OCH3 is 1.